The maximum Gasteiger partial charge on any atom is 0.460 e. The molecule has 1 N–H and O–H groups in total. The number of ether oxygens (including phenoxy) is 6. The highest BCUT2D eigenvalue weighted by atomic mass is 19.4. The van der Waals surface area contributed by atoms with E-state index < -0.39 is 104 Å². The zero-order valence-electron chi connectivity index (χ0n) is 35.8. The Hall–Kier alpha value is -4.75. The van der Waals surface area contributed by atoms with Crippen LogP contribution in [0.4, 0.5) is 74.6 Å². The Balaban J connectivity index is 1.08. The van der Waals surface area contributed by atoms with E-state index in [9.17, 15) is 79.7 Å². The second kappa shape index (κ2) is 20.8. The molecule has 2 heterocycles. The molecule has 6 atom stereocenters. The van der Waals surface area contributed by atoms with Gasteiger partial charge >= 0.3 is 47.6 Å². The molecule has 0 amide bonds. The zero-order chi connectivity index (χ0) is 51.6. The number of alkyl halides is 17. The molecule has 7 nitrogen and oxygen atoms in total. The Labute approximate surface area is 387 Å². The third kappa shape index (κ3) is 10.9. The fourth-order valence-corrected chi connectivity index (χ4v) is 7.32. The number of fused-ring (bicyclic) bond motifs is 1. The van der Waals surface area contributed by atoms with E-state index in [1.54, 1.807) is 54.6 Å². The Bertz CT molecular complexity index is 2280. The highest BCUT2D eigenvalue weighted by molar-refractivity contribution is 5.28. The highest BCUT2D eigenvalue weighted by Gasteiger charge is 2.95. The van der Waals surface area contributed by atoms with Crippen LogP contribution in [0.25, 0.3) is 0 Å². The number of aliphatic hydroxyl groups is 1. The third-order valence-electron chi connectivity index (χ3n) is 11.4. The SMILES string of the molecule is O[C@H]1[C@H](Oc2ccc(CCOCc3ccccc3)cc2)O[C@@H]2CO[C@@H](c3ccccc3)O[C@H]2[C@@H]1OCc1ccc(CCCC(F)(F)C(F)(F)C(F)(F)C(F)(F)C(F)(F)C(F)(F)C(F)(F)C(F)(F)F)cc1. The topological polar surface area (TPSA) is 75.6 Å². The predicted octanol–water partition coefficient (Wildman–Crippen LogP) is 11.9. The molecule has 4 aromatic carbocycles. The molecule has 0 spiro atoms. The summed E-state index contributed by atoms with van der Waals surface area (Å²) in [5, 5.41) is 11.6. The quantitative estimate of drug-likeness (QED) is 0.0658. The normalized spacial score (nSPS) is 22.1. The van der Waals surface area contributed by atoms with E-state index in [2.05, 4.69) is 0 Å². The van der Waals surface area contributed by atoms with Gasteiger partial charge in [0.25, 0.3) is 0 Å². The van der Waals surface area contributed by atoms with Gasteiger partial charge in [-0.05, 0) is 53.6 Å². The number of hydrogen-bond donors (Lipinski definition) is 1. The zero-order valence-corrected chi connectivity index (χ0v) is 35.8. The first-order valence-corrected chi connectivity index (χ1v) is 21.0. The number of hydrogen-bond acceptors (Lipinski definition) is 7. The summed E-state index contributed by atoms with van der Waals surface area (Å²) in [7, 11) is 0. The first kappa shape index (κ1) is 54.6. The van der Waals surface area contributed by atoms with Crippen molar-refractivity contribution in [3.8, 4) is 5.75 Å². The number of benzene rings is 4. The van der Waals surface area contributed by atoms with Crippen molar-refractivity contribution in [2.75, 3.05) is 13.2 Å². The smallest absolute Gasteiger partial charge is 0.460 e. The van der Waals surface area contributed by atoms with Gasteiger partial charge in [-0.25, -0.2) is 0 Å². The molecular weight excluding hydrogens is 987 g/mol. The molecular formula is C46H41F17O7. The molecule has 4 aromatic rings. The van der Waals surface area contributed by atoms with Crippen LogP contribution in [0.3, 0.4) is 0 Å². The molecule has 24 heteroatoms. The summed E-state index contributed by atoms with van der Waals surface area (Å²) in [6.07, 6.45) is -18.6. The molecule has 2 aliphatic rings. The second-order valence-corrected chi connectivity index (χ2v) is 16.4. The van der Waals surface area contributed by atoms with Crippen LogP contribution in [-0.2, 0) is 49.7 Å². The van der Waals surface area contributed by atoms with E-state index in [1.165, 1.54) is 24.3 Å². The maximum atomic E-state index is 14.5. The summed E-state index contributed by atoms with van der Waals surface area (Å²) in [5.41, 5.74) is 2.88. The lowest BCUT2D eigenvalue weighted by Crippen LogP contribution is -2.74. The van der Waals surface area contributed by atoms with Crippen LogP contribution < -0.4 is 4.74 Å². The minimum atomic E-state index is -8.68. The third-order valence-corrected chi connectivity index (χ3v) is 11.4. The predicted molar refractivity (Wildman–Crippen MR) is 210 cm³/mol. The van der Waals surface area contributed by atoms with E-state index in [-0.39, 0.29) is 18.8 Å². The van der Waals surface area contributed by atoms with Crippen LogP contribution in [0, 0.1) is 0 Å². The monoisotopic (exact) mass is 1030 g/mol. The molecule has 70 heavy (non-hydrogen) atoms. The van der Waals surface area contributed by atoms with E-state index in [1.807, 2.05) is 30.3 Å². The minimum Gasteiger partial charge on any atom is -0.462 e. The van der Waals surface area contributed by atoms with E-state index >= 15 is 0 Å². The molecule has 2 aliphatic heterocycles. The van der Waals surface area contributed by atoms with Gasteiger partial charge in [-0.15, -0.1) is 0 Å². The van der Waals surface area contributed by atoms with Gasteiger partial charge in [0.15, 0.2) is 6.29 Å². The van der Waals surface area contributed by atoms with Crippen molar-refractivity contribution in [2.24, 2.45) is 0 Å². The average molecular weight is 1030 g/mol. The van der Waals surface area contributed by atoms with Crippen molar-refractivity contribution in [1.82, 2.24) is 0 Å². The molecule has 2 fully saturated rings. The molecule has 6 rings (SSSR count). The first-order valence-electron chi connectivity index (χ1n) is 21.0. The van der Waals surface area contributed by atoms with E-state index in [0.29, 0.717) is 36.5 Å². The fraction of sp³-hybridized carbons (Fsp3) is 0.478. The first-order chi connectivity index (χ1) is 32.6. The maximum absolute atomic E-state index is 14.5. The van der Waals surface area contributed by atoms with Crippen molar-refractivity contribution < 1.29 is 108 Å². The van der Waals surface area contributed by atoms with Gasteiger partial charge in [0.05, 0.1) is 26.4 Å². The van der Waals surface area contributed by atoms with Gasteiger partial charge in [-0.2, -0.15) is 74.6 Å². The molecule has 0 unspecified atom stereocenters. The molecule has 0 saturated carbocycles. The Morgan fingerprint density at radius 1 is 0.529 bits per heavy atom. The largest absolute Gasteiger partial charge is 0.462 e. The number of aryl methyl sites for hydroxylation is 1. The van der Waals surface area contributed by atoms with Crippen LogP contribution in [-0.4, -0.2) is 96.7 Å². The van der Waals surface area contributed by atoms with Crippen LogP contribution in [0.5, 0.6) is 5.75 Å². The number of rotatable bonds is 21. The fourth-order valence-electron chi connectivity index (χ4n) is 7.32. The summed E-state index contributed by atoms with van der Waals surface area (Å²) in [6, 6.07) is 30.2. The van der Waals surface area contributed by atoms with Crippen molar-refractivity contribution in [2.45, 2.75) is 124 Å². The molecule has 0 aromatic heterocycles. The van der Waals surface area contributed by atoms with E-state index in [0.717, 1.165) is 11.1 Å². The Kier molecular flexibility index (Phi) is 16.2. The second-order valence-electron chi connectivity index (χ2n) is 16.4. The lowest BCUT2D eigenvalue weighted by Gasteiger charge is -2.47. The average Bonchev–Trinajstić information content (AvgIpc) is 3.31. The van der Waals surface area contributed by atoms with Gasteiger partial charge in [0, 0.05) is 12.0 Å². The van der Waals surface area contributed by atoms with Crippen LogP contribution in [0.15, 0.2) is 109 Å². The van der Waals surface area contributed by atoms with E-state index in [4.69, 9.17) is 28.4 Å². The van der Waals surface area contributed by atoms with Crippen molar-refractivity contribution in [1.29, 1.82) is 0 Å². The summed E-state index contributed by atoms with van der Waals surface area (Å²) in [6.45, 7) is 0.533. The van der Waals surface area contributed by atoms with Crippen molar-refractivity contribution in [3.63, 3.8) is 0 Å². The summed E-state index contributed by atoms with van der Waals surface area (Å²) in [4.78, 5) is 0. The van der Waals surface area contributed by atoms with Gasteiger partial charge in [0.2, 0.25) is 6.29 Å². The van der Waals surface area contributed by atoms with Crippen LogP contribution in [0.1, 0.15) is 46.9 Å². The number of aliphatic hydroxyl groups excluding tert-OH is 1. The molecule has 386 valence electrons. The molecule has 2 saturated heterocycles. The van der Waals surface area contributed by atoms with Gasteiger partial charge < -0.3 is 33.5 Å². The highest BCUT2D eigenvalue weighted by Crippen LogP contribution is 2.64. The van der Waals surface area contributed by atoms with Crippen molar-refractivity contribution >= 4 is 0 Å². The Morgan fingerprint density at radius 2 is 1.03 bits per heavy atom. The lowest BCUT2D eigenvalue weighted by atomic mass is 9.87. The van der Waals surface area contributed by atoms with Gasteiger partial charge in [0.1, 0.15) is 30.2 Å². The molecule has 0 bridgehead atoms. The van der Waals surface area contributed by atoms with Crippen LogP contribution in [0.2, 0.25) is 0 Å². The van der Waals surface area contributed by atoms with Gasteiger partial charge in [-0.1, -0.05) is 97.1 Å². The Morgan fingerprint density at radius 3 is 1.61 bits per heavy atom. The lowest BCUT2D eigenvalue weighted by molar-refractivity contribution is -0.461. The standard InChI is InChI=1S/C46H41F17O7/c47-39(48,40(49,50)41(51,52)42(53,54)43(55,56)44(57,58)45(59,60)46(61,62)63)22-7-10-27-13-15-30(16-14-27)25-66-36-34(64)38(69-33-26-67-37(70-35(33)36)31-11-5-2-6-12-31)68-32-19-17-28(18-20-32)21-23-65-24-29-8-3-1-4-9-29/h1-6,8-9,11-20,33-38,64H,7,10,21-26H2/t33-,34-,35-,36-,37-,38-/m1/s1. The summed E-state index contributed by atoms with van der Waals surface area (Å²) in [5.74, 6) is -56.3. The van der Waals surface area contributed by atoms with Crippen LogP contribution >= 0.6 is 0 Å². The molecule has 0 radical (unpaired) electrons. The van der Waals surface area contributed by atoms with Crippen molar-refractivity contribution in [3.05, 3.63) is 137 Å². The number of halogens is 17. The minimum absolute atomic E-state index is 0.00987. The summed E-state index contributed by atoms with van der Waals surface area (Å²) < 4.78 is 269. The van der Waals surface area contributed by atoms with Gasteiger partial charge in [-0.3, -0.25) is 0 Å². The summed E-state index contributed by atoms with van der Waals surface area (Å²) >= 11 is 0. The molecule has 0 aliphatic carbocycles.